The van der Waals surface area contributed by atoms with Crippen molar-refractivity contribution in [3.63, 3.8) is 0 Å². The molecule has 12 heteroatoms. The van der Waals surface area contributed by atoms with Crippen molar-refractivity contribution in [2.45, 2.75) is 19.4 Å². The van der Waals surface area contributed by atoms with Gasteiger partial charge in [-0.05, 0) is 30.7 Å². The normalized spacial score (nSPS) is 13.5. The second kappa shape index (κ2) is 10.5. The zero-order chi connectivity index (χ0) is 24.1. The molecule has 1 heterocycles. The maximum absolute atomic E-state index is 14.5. The third kappa shape index (κ3) is 5.49. The first-order valence-electron chi connectivity index (χ1n) is 9.85. The summed E-state index contributed by atoms with van der Waals surface area (Å²) in [5.74, 6) is -2.53. The minimum atomic E-state index is -0.899. The number of nitrogens with two attached hydrogens (primary N) is 2. The second-order valence-electron chi connectivity index (χ2n) is 6.95. The number of amidine groups is 1. The van der Waals surface area contributed by atoms with E-state index in [1.807, 2.05) is 0 Å². The van der Waals surface area contributed by atoms with Crippen LogP contribution in [0.25, 0.3) is 16.6 Å². The number of rotatable bonds is 7. The minimum Gasteiger partial charge on any atom is -0.386 e. The molecule has 5 N–H and O–H groups in total. The SMILES string of the molecule is CCC(NC/N=C(N)\N=C(\N)CCl)c1nc2cccc(F)c2c(=O)n1-c1cc(F)cc(F)c1. The molecule has 2 aromatic carbocycles. The van der Waals surface area contributed by atoms with Gasteiger partial charge in [0.2, 0.25) is 5.96 Å². The summed E-state index contributed by atoms with van der Waals surface area (Å²) in [7, 11) is 0. The van der Waals surface area contributed by atoms with Crippen LogP contribution in [0.3, 0.4) is 0 Å². The Morgan fingerprint density at radius 1 is 1.21 bits per heavy atom. The summed E-state index contributed by atoms with van der Waals surface area (Å²) in [4.78, 5) is 25.5. The number of nitrogens with one attached hydrogen (secondary N) is 1. The summed E-state index contributed by atoms with van der Waals surface area (Å²) >= 11 is 5.55. The van der Waals surface area contributed by atoms with Crippen molar-refractivity contribution in [3.8, 4) is 5.69 Å². The molecule has 0 amide bonds. The third-order valence-corrected chi connectivity index (χ3v) is 4.95. The van der Waals surface area contributed by atoms with Crippen LogP contribution in [0.5, 0.6) is 0 Å². The maximum atomic E-state index is 14.5. The Labute approximate surface area is 191 Å². The summed E-state index contributed by atoms with van der Waals surface area (Å²) in [6, 6.07) is 5.99. The fourth-order valence-electron chi connectivity index (χ4n) is 3.23. The Morgan fingerprint density at radius 2 is 1.91 bits per heavy atom. The van der Waals surface area contributed by atoms with E-state index in [2.05, 4.69) is 20.3 Å². The van der Waals surface area contributed by atoms with Crippen LogP contribution in [-0.4, -0.2) is 33.9 Å². The second-order valence-corrected chi connectivity index (χ2v) is 7.22. The van der Waals surface area contributed by atoms with Gasteiger partial charge in [-0.2, -0.15) is 4.99 Å². The molecule has 8 nitrogen and oxygen atoms in total. The first-order valence-corrected chi connectivity index (χ1v) is 10.4. The van der Waals surface area contributed by atoms with E-state index in [4.69, 9.17) is 23.1 Å². The van der Waals surface area contributed by atoms with Gasteiger partial charge < -0.3 is 11.5 Å². The van der Waals surface area contributed by atoms with E-state index in [1.165, 1.54) is 12.1 Å². The van der Waals surface area contributed by atoms with Crippen LogP contribution in [0.15, 0.2) is 51.2 Å². The van der Waals surface area contributed by atoms with Gasteiger partial charge in [0.05, 0.1) is 29.8 Å². The van der Waals surface area contributed by atoms with E-state index in [0.29, 0.717) is 12.5 Å². The van der Waals surface area contributed by atoms with Gasteiger partial charge in [0.25, 0.3) is 5.56 Å². The van der Waals surface area contributed by atoms with Crippen LogP contribution in [0, 0.1) is 17.5 Å². The number of guanidine groups is 1. The van der Waals surface area contributed by atoms with Gasteiger partial charge in [0.15, 0.2) is 0 Å². The molecular weight excluding hydrogens is 459 g/mol. The maximum Gasteiger partial charge on any atom is 0.269 e. The van der Waals surface area contributed by atoms with E-state index in [1.54, 1.807) is 6.92 Å². The van der Waals surface area contributed by atoms with E-state index in [9.17, 15) is 18.0 Å². The van der Waals surface area contributed by atoms with Crippen molar-refractivity contribution in [1.82, 2.24) is 14.9 Å². The van der Waals surface area contributed by atoms with Crippen molar-refractivity contribution in [1.29, 1.82) is 0 Å². The van der Waals surface area contributed by atoms with Crippen LogP contribution in [0.2, 0.25) is 0 Å². The Kier molecular flexibility index (Phi) is 7.67. The number of hydrogen-bond donors (Lipinski definition) is 3. The van der Waals surface area contributed by atoms with Crippen LogP contribution in [-0.2, 0) is 0 Å². The fraction of sp³-hybridized carbons (Fsp3) is 0.238. The summed E-state index contributed by atoms with van der Waals surface area (Å²) in [5.41, 5.74) is 10.4. The Bertz CT molecular complexity index is 1270. The number of halogens is 4. The number of alkyl halides is 1. The molecule has 0 fully saturated rings. The zero-order valence-electron chi connectivity index (χ0n) is 17.5. The highest BCUT2D eigenvalue weighted by molar-refractivity contribution is 6.28. The molecule has 0 bridgehead atoms. The zero-order valence-corrected chi connectivity index (χ0v) is 18.3. The van der Waals surface area contributed by atoms with Crippen molar-refractivity contribution < 1.29 is 13.2 Å². The molecule has 0 saturated carbocycles. The average Bonchev–Trinajstić information content (AvgIpc) is 2.75. The lowest BCUT2D eigenvalue weighted by molar-refractivity contribution is 0.491. The van der Waals surface area contributed by atoms with Crippen molar-refractivity contribution >= 4 is 34.3 Å². The highest BCUT2D eigenvalue weighted by Gasteiger charge is 2.22. The molecule has 1 unspecified atom stereocenters. The van der Waals surface area contributed by atoms with E-state index in [0.717, 1.165) is 22.8 Å². The van der Waals surface area contributed by atoms with Gasteiger partial charge in [0.1, 0.15) is 34.5 Å². The largest absolute Gasteiger partial charge is 0.386 e. The van der Waals surface area contributed by atoms with E-state index >= 15 is 0 Å². The quantitative estimate of drug-likeness (QED) is 0.273. The van der Waals surface area contributed by atoms with Gasteiger partial charge in [-0.15, -0.1) is 11.6 Å². The molecule has 33 heavy (non-hydrogen) atoms. The van der Waals surface area contributed by atoms with Crippen LogP contribution in [0.1, 0.15) is 25.2 Å². The molecule has 0 aliphatic rings. The van der Waals surface area contributed by atoms with Gasteiger partial charge in [-0.1, -0.05) is 13.0 Å². The topological polar surface area (TPSA) is 124 Å². The average molecular weight is 480 g/mol. The van der Waals surface area contributed by atoms with Gasteiger partial charge in [-0.3, -0.25) is 14.7 Å². The molecule has 174 valence electrons. The molecule has 1 aromatic heterocycles. The van der Waals surface area contributed by atoms with Crippen LogP contribution in [0.4, 0.5) is 13.2 Å². The molecule has 0 radical (unpaired) electrons. The molecular formula is C21H21ClF3N7O. The number of fused-ring (bicyclic) bond motifs is 1. The lowest BCUT2D eigenvalue weighted by atomic mass is 10.1. The molecule has 0 aliphatic heterocycles. The Balaban J connectivity index is 2.13. The first kappa shape index (κ1) is 24.2. The molecule has 0 spiro atoms. The smallest absolute Gasteiger partial charge is 0.269 e. The fourth-order valence-corrected chi connectivity index (χ4v) is 3.29. The molecule has 0 saturated heterocycles. The first-order chi connectivity index (χ1) is 15.7. The van der Waals surface area contributed by atoms with Crippen molar-refractivity contribution in [3.05, 3.63) is 70.0 Å². The lowest BCUT2D eigenvalue weighted by Crippen LogP contribution is -2.32. The standard InChI is InChI=1S/C21H21ClF3N7O/c1-2-15(28-10-29-21(27)31-17(26)9-22)19-30-16-5-3-4-14(25)18(16)20(33)32(19)13-7-11(23)6-12(24)8-13/h3-8,15,28H,2,9-10H2,1H3,(H4,26,27,29,31). The lowest BCUT2D eigenvalue weighted by Gasteiger charge is -2.21. The summed E-state index contributed by atoms with van der Waals surface area (Å²) < 4.78 is 43.3. The Morgan fingerprint density at radius 3 is 2.55 bits per heavy atom. The number of benzene rings is 2. The Hall–Kier alpha value is -3.44. The summed E-state index contributed by atoms with van der Waals surface area (Å²) in [5, 5.41) is 2.74. The highest BCUT2D eigenvalue weighted by Crippen LogP contribution is 2.22. The van der Waals surface area contributed by atoms with Gasteiger partial charge in [0, 0.05) is 6.07 Å². The predicted octanol–water partition coefficient (Wildman–Crippen LogP) is 2.71. The van der Waals surface area contributed by atoms with Crippen LogP contribution >= 0.6 is 11.6 Å². The monoisotopic (exact) mass is 479 g/mol. The van der Waals surface area contributed by atoms with Gasteiger partial charge in [-0.25, -0.2) is 23.1 Å². The van der Waals surface area contributed by atoms with Crippen LogP contribution < -0.4 is 22.3 Å². The van der Waals surface area contributed by atoms with E-state index in [-0.39, 0.29) is 46.8 Å². The molecule has 3 rings (SSSR count). The molecule has 1 atom stereocenters. The van der Waals surface area contributed by atoms with Crippen molar-refractivity contribution in [2.75, 3.05) is 12.5 Å². The predicted molar refractivity (Wildman–Crippen MR) is 122 cm³/mol. The number of nitrogens with zero attached hydrogens (tertiary/aromatic N) is 4. The minimum absolute atomic E-state index is 0.0186. The number of hydrogen-bond acceptors (Lipinski definition) is 4. The van der Waals surface area contributed by atoms with Gasteiger partial charge >= 0.3 is 0 Å². The highest BCUT2D eigenvalue weighted by atomic mass is 35.5. The number of aliphatic imine (C=N–C) groups is 2. The van der Waals surface area contributed by atoms with Crippen molar-refractivity contribution in [2.24, 2.45) is 21.5 Å². The molecule has 3 aromatic rings. The number of aromatic nitrogens is 2. The van der Waals surface area contributed by atoms with E-state index < -0.39 is 29.1 Å². The summed E-state index contributed by atoms with van der Waals surface area (Å²) in [6.07, 6.45) is 0.396. The third-order valence-electron chi connectivity index (χ3n) is 4.67. The molecule has 0 aliphatic carbocycles. The summed E-state index contributed by atoms with van der Waals surface area (Å²) in [6.45, 7) is 1.75.